The summed E-state index contributed by atoms with van der Waals surface area (Å²) in [5.74, 6) is 0.601. The first-order valence-electron chi connectivity index (χ1n) is 7.37. The second-order valence-electron chi connectivity index (χ2n) is 5.99. The van der Waals surface area contributed by atoms with E-state index in [-0.39, 0.29) is 5.56 Å². The van der Waals surface area contributed by atoms with E-state index in [2.05, 4.69) is 26.3 Å². The van der Waals surface area contributed by atoms with Crippen molar-refractivity contribution in [2.45, 2.75) is 37.8 Å². The molecule has 1 aromatic heterocycles. The highest BCUT2D eigenvalue weighted by molar-refractivity contribution is 9.10. The Morgan fingerprint density at radius 2 is 2.19 bits per heavy atom. The van der Waals surface area contributed by atoms with Crippen LogP contribution in [0.4, 0.5) is 5.69 Å². The highest BCUT2D eigenvalue weighted by Crippen LogP contribution is 2.30. The fourth-order valence-corrected chi connectivity index (χ4v) is 2.90. The Labute approximate surface area is 131 Å². The molecule has 2 fully saturated rings. The number of aromatic nitrogens is 2. The van der Waals surface area contributed by atoms with Crippen molar-refractivity contribution in [2.75, 3.05) is 25.1 Å². The summed E-state index contributed by atoms with van der Waals surface area (Å²) in [5.41, 5.74) is -0.265. The SMILES string of the molecule is O=c1c(Br)c(NCC2(O)CCOCC2)cnn1CC1CC1. The minimum absolute atomic E-state index is 0.120. The quantitative estimate of drug-likeness (QED) is 0.832. The van der Waals surface area contributed by atoms with E-state index in [4.69, 9.17) is 4.74 Å². The summed E-state index contributed by atoms with van der Waals surface area (Å²) in [6.45, 7) is 2.23. The molecule has 1 aliphatic carbocycles. The minimum Gasteiger partial charge on any atom is -0.388 e. The summed E-state index contributed by atoms with van der Waals surface area (Å²) in [5, 5.41) is 17.8. The van der Waals surface area contributed by atoms with Crippen molar-refractivity contribution < 1.29 is 9.84 Å². The molecule has 2 aliphatic rings. The summed E-state index contributed by atoms with van der Waals surface area (Å²) in [6, 6.07) is 0. The molecule has 0 amide bonds. The van der Waals surface area contributed by atoms with Gasteiger partial charge in [0.1, 0.15) is 4.47 Å². The molecule has 2 N–H and O–H groups in total. The first kappa shape index (κ1) is 15.0. The van der Waals surface area contributed by atoms with Gasteiger partial charge >= 0.3 is 0 Å². The monoisotopic (exact) mass is 357 g/mol. The molecule has 0 atom stereocenters. The van der Waals surface area contributed by atoms with Crippen LogP contribution in [0.15, 0.2) is 15.5 Å². The lowest BCUT2D eigenvalue weighted by Gasteiger charge is -2.32. The molecule has 1 aliphatic heterocycles. The van der Waals surface area contributed by atoms with Gasteiger partial charge < -0.3 is 15.2 Å². The smallest absolute Gasteiger partial charge is 0.283 e. The van der Waals surface area contributed by atoms with Crippen LogP contribution in [0.25, 0.3) is 0 Å². The first-order chi connectivity index (χ1) is 10.1. The molecule has 116 valence electrons. The third kappa shape index (κ3) is 3.64. The van der Waals surface area contributed by atoms with Crippen LogP contribution >= 0.6 is 15.9 Å². The van der Waals surface area contributed by atoms with Crippen molar-refractivity contribution in [1.29, 1.82) is 0 Å². The van der Waals surface area contributed by atoms with E-state index >= 15 is 0 Å². The van der Waals surface area contributed by atoms with E-state index in [1.54, 1.807) is 6.20 Å². The summed E-state index contributed by atoms with van der Waals surface area (Å²) in [4.78, 5) is 12.2. The molecule has 21 heavy (non-hydrogen) atoms. The average molecular weight is 358 g/mol. The van der Waals surface area contributed by atoms with Crippen LogP contribution in [0.2, 0.25) is 0 Å². The zero-order valence-corrected chi connectivity index (χ0v) is 13.4. The van der Waals surface area contributed by atoms with Crippen LogP contribution in [-0.2, 0) is 11.3 Å². The van der Waals surface area contributed by atoms with E-state index in [1.807, 2.05) is 0 Å². The molecule has 0 unspecified atom stereocenters. The first-order valence-corrected chi connectivity index (χ1v) is 8.16. The van der Waals surface area contributed by atoms with E-state index in [1.165, 1.54) is 17.5 Å². The fourth-order valence-electron chi connectivity index (χ4n) is 2.45. The van der Waals surface area contributed by atoms with Gasteiger partial charge in [0.25, 0.3) is 5.56 Å². The van der Waals surface area contributed by atoms with Crippen molar-refractivity contribution >= 4 is 21.6 Å². The van der Waals surface area contributed by atoms with Gasteiger partial charge in [-0.3, -0.25) is 4.79 Å². The maximum atomic E-state index is 12.2. The molecule has 1 saturated heterocycles. The minimum atomic E-state index is -0.777. The van der Waals surface area contributed by atoms with E-state index in [0.717, 1.165) is 0 Å². The molecule has 7 heteroatoms. The molecule has 1 aromatic rings. The van der Waals surface area contributed by atoms with Gasteiger partial charge in [0.05, 0.1) is 17.5 Å². The van der Waals surface area contributed by atoms with Gasteiger partial charge in [0.2, 0.25) is 0 Å². The Morgan fingerprint density at radius 3 is 2.86 bits per heavy atom. The number of ether oxygens (including phenoxy) is 1. The summed E-state index contributed by atoms with van der Waals surface area (Å²) in [7, 11) is 0. The Hall–Kier alpha value is -0.920. The van der Waals surface area contributed by atoms with Crippen molar-refractivity contribution in [3.8, 4) is 0 Å². The predicted molar refractivity (Wildman–Crippen MR) is 82.4 cm³/mol. The van der Waals surface area contributed by atoms with Gasteiger partial charge in [-0.2, -0.15) is 5.10 Å². The predicted octanol–water partition coefficient (Wildman–Crippen LogP) is 1.37. The lowest BCUT2D eigenvalue weighted by molar-refractivity contribution is -0.0543. The summed E-state index contributed by atoms with van der Waals surface area (Å²) in [6.07, 6.45) is 5.21. The normalized spacial score (nSPS) is 21.2. The van der Waals surface area contributed by atoms with Crippen molar-refractivity contribution in [3.05, 3.63) is 21.0 Å². The molecular formula is C14H20BrN3O3. The zero-order valence-electron chi connectivity index (χ0n) is 11.8. The Kier molecular flexibility index (Phi) is 4.33. The molecule has 3 rings (SSSR count). The number of halogens is 1. The van der Waals surface area contributed by atoms with Crippen LogP contribution in [-0.4, -0.2) is 40.2 Å². The van der Waals surface area contributed by atoms with Crippen molar-refractivity contribution in [2.24, 2.45) is 5.92 Å². The fraction of sp³-hybridized carbons (Fsp3) is 0.714. The van der Waals surface area contributed by atoms with Gasteiger partial charge in [0, 0.05) is 39.1 Å². The van der Waals surface area contributed by atoms with Gasteiger partial charge in [0.15, 0.2) is 0 Å². The number of aliphatic hydroxyl groups is 1. The van der Waals surface area contributed by atoms with Gasteiger partial charge in [-0.1, -0.05) is 0 Å². The van der Waals surface area contributed by atoms with Crippen LogP contribution in [0.5, 0.6) is 0 Å². The van der Waals surface area contributed by atoms with Gasteiger partial charge in [-0.15, -0.1) is 0 Å². The Morgan fingerprint density at radius 1 is 1.48 bits per heavy atom. The van der Waals surface area contributed by atoms with Gasteiger partial charge in [-0.05, 0) is 34.7 Å². The molecule has 0 radical (unpaired) electrons. The summed E-state index contributed by atoms with van der Waals surface area (Å²) >= 11 is 3.34. The van der Waals surface area contributed by atoms with Gasteiger partial charge in [-0.25, -0.2) is 4.68 Å². The van der Waals surface area contributed by atoms with E-state index in [9.17, 15) is 9.90 Å². The van der Waals surface area contributed by atoms with Crippen LogP contribution in [0, 0.1) is 5.92 Å². The zero-order chi connectivity index (χ0) is 14.9. The van der Waals surface area contributed by atoms with Crippen molar-refractivity contribution in [1.82, 2.24) is 9.78 Å². The molecular weight excluding hydrogens is 338 g/mol. The van der Waals surface area contributed by atoms with Crippen molar-refractivity contribution in [3.63, 3.8) is 0 Å². The molecule has 0 aromatic carbocycles. The third-order valence-corrected chi connectivity index (χ3v) is 4.91. The number of hydrogen-bond donors (Lipinski definition) is 2. The van der Waals surface area contributed by atoms with E-state index in [0.29, 0.717) is 55.2 Å². The lowest BCUT2D eigenvalue weighted by atomic mass is 9.94. The maximum absolute atomic E-state index is 12.2. The lowest BCUT2D eigenvalue weighted by Crippen LogP contribution is -2.42. The molecule has 0 bridgehead atoms. The molecule has 0 spiro atoms. The maximum Gasteiger partial charge on any atom is 0.283 e. The van der Waals surface area contributed by atoms with Crippen LogP contribution in [0.1, 0.15) is 25.7 Å². The highest BCUT2D eigenvalue weighted by atomic mass is 79.9. The summed E-state index contributed by atoms with van der Waals surface area (Å²) < 4.78 is 7.25. The van der Waals surface area contributed by atoms with E-state index < -0.39 is 5.60 Å². The highest BCUT2D eigenvalue weighted by Gasteiger charge is 2.30. The van der Waals surface area contributed by atoms with Crippen LogP contribution < -0.4 is 10.9 Å². The number of hydrogen-bond acceptors (Lipinski definition) is 5. The Bertz CT molecular complexity index is 565. The third-order valence-electron chi connectivity index (χ3n) is 4.14. The van der Waals surface area contributed by atoms with Crippen LogP contribution in [0.3, 0.4) is 0 Å². The largest absolute Gasteiger partial charge is 0.388 e. The average Bonchev–Trinajstić information content (AvgIpc) is 3.28. The number of nitrogens with zero attached hydrogens (tertiary/aromatic N) is 2. The number of anilines is 1. The number of nitrogens with one attached hydrogen (secondary N) is 1. The second-order valence-corrected chi connectivity index (χ2v) is 6.79. The molecule has 2 heterocycles. The Balaban J connectivity index is 1.67. The standard InChI is InChI=1S/C14H20BrN3O3/c15-12-11(16-9-14(20)3-5-21-6-4-14)7-17-18(13(12)19)8-10-1-2-10/h7,10,16,20H,1-6,8-9H2. The molecule has 6 nitrogen and oxygen atoms in total. The second kappa shape index (κ2) is 6.06. The molecule has 1 saturated carbocycles. The number of rotatable bonds is 5. The topological polar surface area (TPSA) is 76.4 Å².